The van der Waals surface area contributed by atoms with Crippen molar-refractivity contribution in [1.82, 2.24) is 0 Å². The van der Waals surface area contributed by atoms with Crippen LogP contribution in [-0.2, 0) is 10.2 Å². The van der Waals surface area contributed by atoms with Gasteiger partial charge in [-0.15, -0.1) is 0 Å². The molecular formula is C21H35NO2. The first-order valence-electron chi connectivity index (χ1n) is 9.56. The summed E-state index contributed by atoms with van der Waals surface area (Å²) in [6, 6.07) is 10.1. The number of carboxylic acid groups (broad SMARTS) is 1. The maximum atomic E-state index is 12.3. The molecule has 1 atom stereocenters. The molecule has 0 heterocycles. The Kier molecular flexibility index (Phi) is 8.47. The second kappa shape index (κ2) is 9.83. The van der Waals surface area contributed by atoms with Crippen molar-refractivity contribution in [3.63, 3.8) is 0 Å². The topological polar surface area (TPSA) is 63.3 Å². The largest absolute Gasteiger partial charge is 0.480 e. The van der Waals surface area contributed by atoms with Crippen LogP contribution in [0.3, 0.4) is 0 Å². The van der Waals surface area contributed by atoms with Crippen molar-refractivity contribution in [2.24, 2.45) is 5.73 Å². The van der Waals surface area contributed by atoms with E-state index in [1.54, 1.807) is 0 Å². The Morgan fingerprint density at radius 3 is 1.79 bits per heavy atom. The fourth-order valence-corrected chi connectivity index (χ4v) is 3.84. The molecule has 1 aromatic carbocycles. The van der Waals surface area contributed by atoms with E-state index in [2.05, 4.69) is 32.9 Å². The molecule has 3 heteroatoms. The zero-order chi connectivity index (χ0) is 18.1. The standard InChI is InChI=1S/C21H35NO2/c1-4-7-15-20(16-8-5-2,18-13-11-10-12-14-18)21(22,19(23)24)17-9-6-3/h10-14H,4-9,15-17,22H2,1-3H3,(H,23,24)/t21-/m1/s1. The van der Waals surface area contributed by atoms with Gasteiger partial charge >= 0.3 is 5.97 Å². The van der Waals surface area contributed by atoms with Gasteiger partial charge in [-0.1, -0.05) is 89.6 Å². The third-order valence-corrected chi connectivity index (χ3v) is 5.40. The zero-order valence-corrected chi connectivity index (χ0v) is 15.7. The third-order valence-electron chi connectivity index (χ3n) is 5.40. The molecule has 1 rings (SSSR count). The first-order chi connectivity index (χ1) is 11.5. The molecule has 3 N–H and O–H groups in total. The summed E-state index contributed by atoms with van der Waals surface area (Å²) in [7, 11) is 0. The SMILES string of the molecule is CCCCC(CCCC)(c1ccccc1)[C@@](N)(CCCC)C(=O)O. The van der Waals surface area contributed by atoms with Gasteiger partial charge < -0.3 is 10.8 Å². The van der Waals surface area contributed by atoms with Gasteiger partial charge in [-0.3, -0.25) is 4.79 Å². The van der Waals surface area contributed by atoms with Crippen molar-refractivity contribution in [3.05, 3.63) is 35.9 Å². The average molecular weight is 334 g/mol. The molecule has 0 saturated carbocycles. The number of aliphatic carboxylic acids is 1. The molecule has 0 aliphatic carbocycles. The Balaban J connectivity index is 3.47. The quantitative estimate of drug-likeness (QED) is 0.547. The van der Waals surface area contributed by atoms with Crippen molar-refractivity contribution >= 4 is 5.97 Å². The summed E-state index contributed by atoms with van der Waals surface area (Å²) in [4.78, 5) is 12.3. The molecule has 0 radical (unpaired) electrons. The summed E-state index contributed by atoms with van der Waals surface area (Å²) in [5, 5.41) is 10.1. The van der Waals surface area contributed by atoms with Crippen molar-refractivity contribution in [1.29, 1.82) is 0 Å². The maximum Gasteiger partial charge on any atom is 0.324 e. The summed E-state index contributed by atoms with van der Waals surface area (Å²) in [5.41, 5.74) is 6.10. The fourth-order valence-electron chi connectivity index (χ4n) is 3.84. The monoisotopic (exact) mass is 333 g/mol. The molecule has 24 heavy (non-hydrogen) atoms. The summed E-state index contributed by atoms with van der Waals surface area (Å²) < 4.78 is 0. The number of hydrogen-bond acceptors (Lipinski definition) is 2. The van der Waals surface area contributed by atoms with E-state index in [0.717, 1.165) is 56.9 Å². The first-order valence-corrected chi connectivity index (χ1v) is 9.56. The van der Waals surface area contributed by atoms with Crippen LogP contribution in [0, 0.1) is 0 Å². The van der Waals surface area contributed by atoms with Gasteiger partial charge in [0.25, 0.3) is 0 Å². The Morgan fingerprint density at radius 2 is 1.38 bits per heavy atom. The van der Waals surface area contributed by atoms with E-state index in [9.17, 15) is 9.90 Å². The molecule has 0 unspecified atom stereocenters. The summed E-state index contributed by atoms with van der Waals surface area (Å²) in [6.45, 7) is 6.39. The van der Waals surface area contributed by atoms with E-state index >= 15 is 0 Å². The van der Waals surface area contributed by atoms with E-state index in [4.69, 9.17) is 5.73 Å². The van der Waals surface area contributed by atoms with Crippen LogP contribution in [0.25, 0.3) is 0 Å². The van der Waals surface area contributed by atoms with E-state index in [-0.39, 0.29) is 0 Å². The van der Waals surface area contributed by atoms with Crippen LogP contribution in [0.2, 0.25) is 0 Å². The molecule has 0 spiro atoms. The minimum absolute atomic E-state index is 0.499. The van der Waals surface area contributed by atoms with Gasteiger partial charge in [-0.25, -0.2) is 0 Å². The van der Waals surface area contributed by atoms with Crippen molar-refractivity contribution in [3.8, 4) is 0 Å². The smallest absolute Gasteiger partial charge is 0.324 e. The lowest BCUT2D eigenvalue weighted by Crippen LogP contribution is -2.63. The number of unbranched alkanes of at least 4 members (excludes halogenated alkanes) is 3. The second-order valence-electron chi connectivity index (χ2n) is 7.04. The van der Waals surface area contributed by atoms with Gasteiger partial charge in [0, 0.05) is 5.41 Å². The van der Waals surface area contributed by atoms with Gasteiger partial charge in [0.1, 0.15) is 5.54 Å². The Labute approximate surface area is 147 Å². The van der Waals surface area contributed by atoms with Crippen LogP contribution in [0.1, 0.15) is 84.1 Å². The van der Waals surface area contributed by atoms with Crippen molar-refractivity contribution in [2.75, 3.05) is 0 Å². The summed E-state index contributed by atoms with van der Waals surface area (Å²) >= 11 is 0. The van der Waals surface area contributed by atoms with Crippen LogP contribution in [-0.4, -0.2) is 16.6 Å². The Bertz CT molecular complexity index is 478. The van der Waals surface area contributed by atoms with E-state index in [1.165, 1.54) is 0 Å². The van der Waals surface area contributed by atoms with Crippen LogP contribution >= 0.6 is 0 Å². The first kappa shape index (κ1) is 20.7. The van der Waals surface area contributed by atoms with E-state index in [1.807, 2.05) is 18.2 Å². The molecule has 1 aromatic rings. The number of carbonyl (C=O) groups is 1. The van der Waals surface area contributed by atoms with Crippen molar-refractivity contribution in [2.45, 2.75) is 89.5 Å². The lowest BCUT2D eigenvalue weighted by molar-refractivity contribution is -0.147. The zero-order valence-electron chi connectivity index (χ0n) is 15.7. The highest BCUT2D eigenvalue weighted by atomic mass is 16.4. The average Bonchev–Trinajstić information content (AvgIpc) is 2.60. The number of carboxylic acids is 1. The number of nitrogens with two attached hydrogens (primary N) is 1. The highest BCUT2D eigenvalue weighted by Gasteiger charge is 2.53. The molecule has 0 amide bonds. The van der Waals surface area contributed by atoms with Gasteiger partial charge in [-0.05, 0) is 24.8 Å². The predicted octanol–water partition coefficient (Wildman–Crippen LogP) is 5.28. The van der Waals surface area contributed by atoms with Crippen LogP contribution in [0.5, 0.6) is 0 Å². The highest BCUT2D eigenvalue weighted by molar-refractivity contribution is 5.81. The Hall–Kier alpha value is -1.35. The molecule has 0 aromatic heterocycles. The molecule has 136 valence electrons. The van der Waals surface area contributed by atoms with Crippen molar-refractivity contribution < 1.29 is 9.90 Å². The van der Waals surface area contributed by atoms with Gasteiger partial charge in [0.05, 0.1) is 0 Å². The van der Waals surface area contributed by atoms with E-state index in [0.29, 0.717) is 6.42 Å². The molecule has 3 nitrogen and oxygen atoms in total. The van der Waals surface area contributed by atoms with Gasteiger partial charge in [-0.2, -0.15) is 0 Å². The van der Waals surface area contributed by atoms with Crippen LogP contribution < -0.4 is 5.73 Å². The maximum absolute atomic E-state index is 12.3. The van der Waals surface area contributed by atoms with Crippen LogP contribution in [0.15, 0.2) is 30.3 Å². The summed E-state index contributed by atoms with van der Waals surface area (Å²) in [6.07, 6.45) is 8.08. The molecule has 0 fully saturated rings. The molecule has 0 bridgehead atoms. The van der Waals surface area contributed by atoms with Gasteiger partial charge in [0.2, 0.25) is 0 Å². The number of benzene rings is 1. The highest BCUT2D eigenvalue weighted by Crippen LogP contribution is 2.45. The number of hydrogen-bond donors (Lipinski definition) is 2. The third kappa shape index (κ3) is 4.38. The normalized spacial score (nSPS) is 14.3. The molecule has 0 aliphatic heterocycles. The Morgan fingerprint density at radius 1 is 0.917 bits per heavy atom. The van der Waals surface area contributed by atoms with Crippen LogP contribution in [0.4, 0.5) is 0 Å². The van der Waals surface area contributed by atoms with Gasteiger partial charge in [0.15, 0.2) is 0 Å². The summed E-state index contributed by atoms with van der Waals surface area (Å²) in [5.74, 6) is -0.855. The molecular weight excluding hydrogens is 298 g/mol. The second-order valence-corrected chi connectivity index (χ2v) is 7.04. The minimum Gasteiger partial charge on any atom is -0.480 e. The molecule has 0 saturated heterocycles. The lowest BCUT2D eigenvalue weighted by Gasteiger charge is -2.47. The molecule has 0 aliphatic rings. The minimum atomic E-state index is -1.21. The lowest BCUT2D eigenvalue weighted by atomic mass is 9.59. The van der Waals surface area contributed by atoms with E-state index < -0.39 is 16.9 Å². The fraction of sp³-hybridized carbons (Fsp3) is 0.667. The number of rotatable bonds is 12. The predicted molar refractivity (Wildman–Crippen MR) is 101 cm³/mol.